The third-order valence-electron chi connectivity index (χ3n) is 23.2. The lowest BCUT2D eigenvalue weighted by Crippen LogP contribution is -2.56. The van der Waals surface area contributed by atoms with Crippen LogP contribution in [-0.4, -0.2) is 181 Å². The summed E-state index contributed by atoms with van der Waals surface area (Å²) >= 11 is 0. The molecule has 0 bridgehead atoms. The molecule has 4 saturated carbocycles. The van der Waals surface area contributed by atoms with E-state index in [1.165, 1.54) is 58.1 Å². The van der Waals surface area contributed by atoms with Gasteiger partial charge in [0.15, 0.2) is 0 Å². The van der Waals surface area contributed by atoms with E-state index in [4.69, 9.17) is 31.2 Å². The number of carbonyl (C=O) groups is 8. The predicted octanol–water partition coefficient (Wildman–Crippen LogP) is 9.45. The quantitative estimate of drug-likeness (QED) is 0.0204. The van der Waals surface area contributed by atoms with Crippen LogP contribution in [0.4, 0.5) is 0 Å². The van der Waals surface area contributed by atoms with Crippen molar-refractivity contribution in [2.75, 3.05) is 60.6 Å². The highest BCUT2D eigenvalue weighted by Crippen LogP contribution is 2.54. The summed E-state index contributed by atoms with van der Waals surface area (Å²) in [6, 6.07) is 22.7. The monoisotopic (exact) mass is 1580 g/mol. The van der Waals surface area contributed by atoms with E-state index in [2.05, 4.69) is 81.8 Å². The number of ketones is 2. The molecule has 4 aliphatic carbocycles. The van der Waals surface area contributed by atoms with Gasteiger partial charge < -0.3 is 51.0 Å². The van der Waals surface area contributed by atoms with Gasteiger partial charge in [-0.3, -0.25) is 78.9 Å². The number of carbonyl (C=O) groups excluding carboxylic acids is 6. The minimum atomic E-state index is -1.61. The molecular weight excluding hydrogens is 1460 g/mol. The summed E-state index contributed by atoms with van der Waals surface area (Å²) < 4.78 is 14.9. The number of nitrogens with zero attached hydrogens (tertiary/aromatic N) is 6. The summed E-state index contributed by atoms with van der Waals surface area (Å²) in [6.07, 6.45) is 3.07. The van der Waals surface area contributed by atoms with Gasteiger partial charge in [-0.05, 0) is 178 Å². The van der Waals surface area contributed by atoms with Crippen LogP contribution in [0.2, 0.25) is 0 Å². The lowest BCUT2D eigenvalue weighted by Gasteiger charge is -2.38. The largest absolute Gasteiger partial charge is 0.496 e. The summed E-state index contributed by atoms with van der Waals surface area (Å²) in [5.74, 6) is -7.39. The van der Waals surface area contributed by atoms with Crippen LogP contribution in [0.25, 0.3) is 0 Å². The van der Waals surface area contributed by atoms with Gasteiger partial charge in [0.1, 0.15) is 40.8 Å². The second kappa shape index (κ2) is 43.5. The number of hydrogen-bond donors (Lipinski definition) is 6. The number of aliphatic carboxylic acids is 2. The number of benzene rings is 4. The number of likely N-dealkylation sites (tertiary alicyclic amines) is 2. The van der Waals surface area contributed by atoms with E-state index in [1.807, 2.05) is 52.0 Å². The van der Waals surface area contributed by atoms with Gasteiger partial charge in [0.2, 0.25) is 38.0 Å². The average molecular weight is 1590 g/mol. The van der Waals surface area contributed by atoms with Crippen LogP contribution in [0.1, 0.15) is 155 Å². The third-order valence-corrected chi connectivity index (χ3v) is 23.2. The fraction of sp³-hybridized carbons (Fsp3) is 0.610. The highest BCUT2D eigenvalue weighted by atomic mass is 16.6. The van der Waals surface area contributed by atoms with E-state index in [9.17, 15) is 89.0 Å². The molecule has 2 heterocycles. The molecule has 31 heteroatoms. The first-order valence-electron chi connectivity index (χ1n) is 37.4. The lowest BCUT2D eigenvalue weighted by atomic mass is 9.88. The van der Waals surface area contributed by atoms with Crippen molar-refractivity contribution in [3.8, 4) is 5.75 Å². The van der Waals surface area contributed by atoms with Crippen LogP contribution < -0.4 is 16.2 Å². The fourth-order valence-corrected chi connectivity index (χ4v) is 16.7. The Morgan fingerprint density at radius 1 is 0.504 bits per heavy atom. The molecule has 2 amide bonds. The van der Waals surface area contributed by atoms with Crippen LogP contribution in [-0.2, 0) is 73.5 Å². The number of nitrogens with two attached hydrogens (primary N) is 2. The molecule has 6 aliphatic rings. The number of rotatable bonds is 25. The molecule has 8 N–H and O–H groups in total. The van der Waals surface area contributed by atoms with Crippen molar-refractivity contribution in [1.82, 2.24) is 9.80 Å². The first-order valence-corrected chi connectivity index (χ1v) is 37.4. The molecule has 10 rings (SSSR count). The van der Waals surface area contributed by atoms with Gasteiger partial charge in [-0.25, -0.2) is 4.79 Å². The highest BCUT2D eigenvalue weighted by molar-refractivity contribution is 5.89. The third kappa shape index (κ3) is 26.2. The zero-order valence-corrected chi connectivity index (χ0v) is 66.1. The normalized spacial score (nSPS) is 25.3. The van der Waals surface area contributed by atoms with Gasteiger partial charge in [0.05, 0.1) is 34.2 Å². The number of carboxylic acids is 2. The van der Waals surface area contributed by atoms with Crippen molar-refractivity contribution in [2.45, 2.75) is 192 Å². The maximum absolute atomic E-state index is 12.9. The number of amides is 2. The van der Waals surface area contributed by atoms with Gasteiger partial charge in [0.25, 0.3) is 0 Å². The Morgan fingerprint density at radius 2 is 0.876 bits per heavy atom. The number of aliphatic hydroxyl groups is 2. The first-order chi connectivity index (χ1) is 51.9. The van der Waals surface area contributed by atoms with E-state index in [-0.39, 0.29) is 156 Å². The zero-order chi connectivity index (χ0) is 83.4. The van der Waals surface area contributed by atoms with Gasteiger partial charge in [-0.15, -0.1) is 0 Å². The number of esters is 2. The Labute approximate surface area is 661 Å². The summed E-state index contributed by atoms with van der Waals surface area (Å²) in [5.41, 5.74) is 21.1. The first kappa shape index (κ1) is 97.5. The average Bonchev–Trinajstić information content (AvgIpc) is 1.58. The van der Waals surface area contributed by atoms with Crippen LogP contribution in [0.3, 0.4) is 0 Å². The van der Waals surface area contributed by atoms with E-state index >= 15 is 0 Å². The van der Waals surface area contributed by atoms with Gasteiger partial charge in [-0.2, -0.15) is 0 Å². The van der Waals surface area contributed by atoms with Crippen LogP contribution in [0, 0.1) is 160 Å². The van der Waals surface area contributed by atoms with Crippen LogP contribution in [0.5, 0.6) is 5.75 Å². The van der Waals surface area contributed by atoms with Crippen LogP contribution in [0.15, 0.2) is 72.8 Å². The number of aryl methyl sites for hydroxylation is 7. The van der Waals surface area contributed by atoms with E-state index < -0.39 is 97.6 Å². The number of carboxylic acid groups (broad SMARTS) is 2. The summed E-state index contributed by atoms with van der Waals surface area (Å²) in [6.45, 7) is 21.7. The van der Waals surface area contributed by atoms with Gasteiger partial charge in [0, 0.05) is 106 Å². The molecule has 4 aromatic carbocycles. The second-order valence-corrected chi connectivity index (χ2v) is 30.9. The van der Waals surface area contributed by atoms with Crippen molar-refractivity contribution < 1.29 is 92.7 Å². The maximum Gasteiger partial charge on any atom is 0.329 e. The zero-order valence-electron chi connectivity index (χ0n) is 66.1. The van der Waals surface area contributed by atoms with E-state index in [0.717, 1.165) is 35.2 Å². The standard InChI is InChI=1S/C21H28N2O7.C19H26N2O4.C12H17NO2.C10H15N.2C9H13NO5.2CH4/c1-12-5-6-14(8-18(12)29-3)7-17(20(25)30-4)23-19(24)9-16-15(11-22(27)28)13(2)10-21(16,23)26;1-12-4-5-15(8-13(12)2)6-7-20-18(22)9-17-16(11-21(24)25)14(3)10-19(17,20)23;1-8-4-5-10(6-9(8)2)7-11(13)12(14)15-3;1-8-3-4-10(5-6-11)7-9(8)2;2*1-5-2-8(11)6(3-9(12)13)7(5)4-10(14)15;;/h5-6,8,13,15-17,26H,7,9-11H2,1-4H3;4-5,8,14,16-17,23H,6-7,9-11H2,1-3H3;4-6,11H,7,13H2,1-3H3;3-4,7H,5-6,11H2,1-2H3;2*5-7H,2-4H2,1H3,(H,12,13);2*1H4/t13-,15+,16?,17-,21?;14-,16+,17+,19+;11-;;2*5-,6-,7+;;/m000.00../s1. The fourth-order valence-electron chi connectivity index (χ4n) is 16.7. The molecule has 0 radical (unpaired) electrons. The Kier molecular flexibility index (Phi) is 37.5. The van der Waals surface area contributed by atoms with E-state index in [0.29, 0.717) is 31.6 Å². The summed E-state index contributed by atoms with van der Waals surface area (Å²) in [5, 5.41) is 82.7. The number of nitro groups is 4. The SMILES string of the molecule is C.C.COC(=O)[C@@H](N)Cc1ccc(C)c(C)c1.COC(=O)[C@H](Cc1ccc(C)c(OC)c1)N1C(=O)CC2[C@H](C[N+](=O)[O-])[C@@H](C)CC21O.C[C@H]1CC(=O)[C@@H](CC(=O)O)[C@@H]1C[N+](=O)[O-].C[C@H]1CC(=O)[C@@H](CC(=O)O)[C@@H]1C[N+](=O)[O-].Cc1ccc(CCN)cc1C.Cc1ccc(CCN2C(=O)C[C@@H]3[C@H](C[N+](=O)[O-])[C@@H](C)C[C@@]32O)cc1C. The molecule has 2 unspecified atom stereocenters. The minimum Gasteiger partial charge on any atom is -0.496 e. The molecule has 4 aromatic rings. The number of hydrogen-bond acceptors (Lipinski definition) is 23. The highest BCUT2D eigenvalue weighted by Gasteiger charge is 2.65. The predicted molar refractivity (Wildman–Crippen MR) is 421 cm³/mol. The van der Waals surface area contributed by atoms with Crippen molar-refractivity contribution in [3.63, 3.8) is 0 Å². The minimum absolute atomic E-state index is 0. The molecule has 0 spiro atoms. The molecule has 0 aromatic heterocycles. The van der Waals surface area contributed by atoms with Crippen molar-refractivity contribution in [1.29, 1.82) is 0 Å². The summed E-state index contributed by atoms with van der Waals surface area (Å²) in [4.78, 5) is 137. The Morgan fingerprint density at radius 3 is 1.27 bits per heavy atom. The van der Waals surface area contributed by atoms with Gasteiger partial charge >= 0.3 is 23.9 Å². The molecule has 16 atom stereocenters. The lowest BCUT2D eigenvalue weighted by molar-refractivity contribution is -0.491. The molecule has 2 aliphatic heterocycles. The van der Waals surface area contributed by atoms with Gasteiger partial charge in [-0.1, -0.05) is 109 Å². The Bertz CT molecular complexity index is 3960. The number of Topliss-reactive ketones (excluding diaryl/α,β-unsaturated/α-hetero) is 2. The molecule has 113 heavy (non-hydrogen) atoms. The number of fused-ring (bicyclic) bond motifs is 2. The second-order valence-electron chi connectivity index (χ2n) is 30.9. The van der Waals surface area contributed by atoms with Crippen molar-refractivity contribution in [2.24, 2.45) is 82.5 Å². The summed E-state index contributed by atoms with van der Waals surface area (Å²) in [7, 11) is 4.14. The Balaban J connectivity index is 0.000000362. The molecule has 626 valence electrons. The maximum atomic E-state index is 12.9. The topological polar surface area (TPSA) is 476 Å². The number of methoxy groups -OCH3 is 3. The molecule has 2 saturated heterocycles. The van der Waals surface area contributed by atoms with Crippen LogP contribution >= 0.6 is 0 Å². The molecule has 6 fully saturated rings. The Hall–Kier alpha value is -9.72. The van der Waals surface area contributed by atoms with E-state index in [1.54, 1.807) is 31.9 Å². The molecule has 31 nitrogen and oxygen atoms in total. The smallest absolute Gasteiger partial charge is 0.329 e. The van der Waals surface area contributed by atoms with Crippen molar-refractivity contribution in [3.05, 3.63) is 174 Å². The number of ether oxygens (including phenoxy) is 3. The van der Waals surface area contributed by atoms with Crippen molar-refractivity contribution >= 4 is 47.3 Å². The molecular formula is C82H120N8O23.